The fraction of sp³-hybridized carbons (Fsp3) is 0.562. The lowest BCUT2D eigenvalue weighted by molar-refractivity contribution is -0.206. The molecule has 1 aliphatic rings. The Hall–Kier alpha value is -2.30. The van der Waals surface area contributed by atoms with Gasteiger partial charge in [-0.3, -0.25) is 4.79 Å². The van der Waals surface area contributed by atoms with E-state index < -0.39 is 29.7 Å². The van der Waals surface area contributed by atoms with E-state index in [4.69, 9.17) is 4.74 Å². The van der Waals surface area contributed by atoms with Crippen molar-refractivity contribution in [3.63, 3.8) is 0 Å². The lowest BCUT2D eigenvalue weighted by Gasteiger charge is -2.34. The molecule has 0 fully saturated rings. The van der Waals surface area contributed by atoms with Crippen molar-refractivity contribution in [2.75, 3.05) is 19.5 Å². The Bertz CT molecular complexity index is 762. The summed E-state index contributed by atoms with van der Waals surface area (Å²) in [5, 5.41) is 3.44. The van der Waals surface area contributed by atoms with Gasteiger partial charge in [-0.25, -0.2) is 9.59 Å². The largest absolute Gasteiger partial charge is 0.466 e. The van der Waals surface area contributed by atoms with Crippen LogP contribution in [0.4, 0.5) is 18.2 Å². The van der Waals surface area contributed by atoms with Crippen LogP contribution in [0.1, 0.15) is 40.6 Å². The first-order valence-corrected chi connectivity index (χ1v) is 8.84. The molecule has 11 heteroatoms. The summed E-state index contributed by atoms with van der Waals surface area (Å²) in [6, 6.07) is 0. The minimum absolute atomic E-state index is 0.0555. The molecule has 0 saturated carbocycles. The Labute approximate surface area is 157 Å². The highest BCUT2D eigenvalue weighted by molar-refractivity contribution is 7.16. The number of hydrogen-bond donors (Lipinski definition) is 2. The second-order valence-corrected chi connectivity index (χ2v) is 7.06. The highest BCUT2D eigenvalue weighted by Crippen LogP contribution is 2.42. The van der Waals surface area contributed by atoms with Crippen LogP contribution in [-0.2, 0) is 31.9 Å². The Balaban J connectivity index is 2.64. The summed E-state index contributed by atoms with van der Waals surface area (Å²) in [4.78, 5) is 36.5. The van der Waals surface area contributed by atoms with Gasteiger partial charge in [0.25, 0.3) is 0 Å². The van der Waals surface area contributed by atoms with Gasteiger partial charge in [-0.05, 0) is 31.2 Å². The van der Waals surface area contributed by atoms with Crippen molar-refractivity contribution in [3.8, 4) is 0 Å². The van der Waals surface area contributed by atoms with E-state index in [2.05, 4.69) is 4.74 Å². The van der Waals surface area contributed by atoms with Crippen molar-refractivity contribution >= 4 is 34.2 Å². The van der Waals surface area contributed by atoms with E-state index in [1.54, 1.807) is 5.32 Å². The second-order valence-electron chi connectivity index (χ2n) is 5.95. The fourth-order valence-electron chi connectivity index (χ4n) is 2.95. The number of anilines is 1. The van der Waals surface area contributed by atoms with Crippen LogP contribution in [0, 0.1) is 0 Å². The molecule has 0 radical (unpaired) electrons. The predicted molar refractivity (Wildman–Crippen MR) is 90.5 cm³/mol. The fourth-order valence-corrected chi connectivity index (χ4v) is 4.28. The molecule has 0 aromatic carbocycles. The number of hydrogen-bond acceptors (Lipinski definition) is 7. The van der Waals surface area contributed by atoms with E-state index in [-0.39, 0.29) is 10.6 Å². The monoisotopic (exact) mass is 408 g/mol. The molecule has 0 unspecified atom stereocenters. The zero-order valence-electron chi connectivity index (χ0n) is 14.9. The number of halogens is 3. The van der Waals surface area contributed by atoms with Crippen LogP contribution < -0.4 is 10.6 Å². The molecular formula is C16H19F3N2O5S. The Morgan fingerprint density at radius 1 is 1.07 bits per heavy atom. The van der Waals surface area contributed by atoms with Crippen LogP contribution in [0.2, 0.25) is 0 Å². The molecule has 1 atom stereocenters. The van der Waals surface area contributed by atoms with E-state index in [9.17, 15) is 27.6 Å². The maximum atomic E-state index is 13.9. The molecule has 0 aliphatic heterocycles. The van der Waals surface area contributed by atoms with Gasteiger partial charge >= 0.3 is 23.8 Å². The molecule has 0 spiro atoms. The van der Waals surface area contributed by atoms with Crippen LogP contribution in [0.5, 0.6) is 0 Å². The van der Waals surface area contributed by atoms with Crippen molar-refractivity contribution in [3.05, 3.63) is 16.0 Å². The Morgan fingerprint density at radius 2 is 1.70 bits per heavy atom. The molecule has 2 rings (SSSR count). The molecule has 7 nitrogen and oxygen atoms in total. The molecule has 0 saturated heterocycles. The number of rotatable bonds is 5. The van der Waals surface area contributed by atoms with Crippen molar-refractivity contribution in [1.29, 1.82) is 0 Å². The molecule has 150 valence electrons. The van der Waals surface area contributed by atoms with Crippen LogP contribution in [0.25, 0.3) is 0 Å². The van der Waals surface area contributed by atoms with Crippen molar-refractivity contribution in [2.45, 2.75) is 44.4 Å². The summed E-state index contributed by atoms with van der Waals surface area (Å²) in [6.07, 6.45) is -2.52. The quantitative estimate of drug-likeness (QED) is 0.574. The van der Waals surface area contributed by atoms with Crippen molar-refractivity contribution in [1.82, 2.24) is 5.32 Å². The number of thiophene rings is 1. The standard InChI is InChI=1S/C16H19F3N2O5S/c1-8(22)20-15(14(24)26-3,16(17,18)19)21-12-11(13(23)25-2)9-6-4-5-7-10(9)27-12/h21H,4-7H2,1-3H3,(H,20,22)/t15-/m1/s1. The van der Waals surface area contributed by atoms with Gasteiger partial charge in [0, 0.05) is 11.8 Å². The van der Waals surface area contributed by atoms with Gasteiger partial charge < -0.3 is 20.1 Å². The van der Waals surface area contributed by atoms with Crippen LogP contribution in [0.3, 0.4) is 0 Å². The molecule has 27 heavy (non-hydrogen) atoms. The van der Waals surface area contributed by atoms with Gasteiger partial charge in [0.15, 0.2) is 0 Å². The van der Waals surface area contributed by atoms with Crippen LogP contribution in [0.15, 0.2) is 0 Å². The summed E-state index contributed by atoms with van der Waals surface area (Å²) in [5.74, 6) is -3.68. The normalized spacial score (nSPS) is 15.9. The van der Waals surface area contributed by atoms with E-state index in [1.807, 2.05) is 5.32 Å². The molecule has 1 heterocycles. The molecule has 2 N–H and O–H groups in total. The number of amides is 1. The minimum atomic E-state index is -5.25. The lowest BCUT2D eigenvalue weighted by atomic mass is 9.95. The van der Waals surface area contributed by atoms with E-state index in [0.717, 1.165) is 50.2 Å². The summed E-state index contributed by atoms with van der Waals surface area (Å²) in [7, 11) is 1.89. The minimum Gasteiger partial charge on any atom is -0.466 e. The van der Waals surface area contributed by atoms with Gasteiger partial charge in [0.05, 0.1) is 19.8 Å². The average molecular weight is 408 g/mol. The van der Waals surface area contributed by atoms with Gasteiger partial charge in [0.2, 0.25) is 5.91 Å². The first-order valence-electron chi connectivity index (χ1n) is 8.02. The second kappa shape index (κ2) is 7.75. The number of esters is 2. The highest BCUT2D eigenvalue weighted by atomic mass is 32.1. The molecular weight excluding hydrogens is 389 g/mol. The van der Waals surface area contributed by atoms with E-state index in [1.165, 1.54) is 0 Å². The van der Waals surface area contributed by atoms with Crippen LogP contribution >= 0.6 is 11.3 Å². The Kier molecular flexibility index (Phi) is 6.03. The highest BCUT2D eigenvalue weighted by Gasteiger charge is 2.63. The number of alkyl halides is 3. The van der Waals surface area contributed by atoms with Crippen LogP contribution in [-0.4, -0.2) is 43.9 Å². The number of nitrogens with one attached hydrogen (secondary N) is 2. The molecule has 0 bridgehead atoms. The zero-order chi connectivity index (χ0) is 20.4. The maximum absolute atomic E-state index is 13.9. The third-order valence-electron chi connectivity index (χ3n) is 4.14. The average Bonchev–Trinajstić information content (AvgIpc) is 2.96. The Morgan fingerprint density at radius 3 is 2.22 bits per heavy atom. The summed E-state index contributed by atoms with van der Waals surface area (Å²) >= 11 is 0.933. The molecule has 1 aromatic heterocycles. The van der Waals surface area contributed by atoms with E-state index in [0.29, 0.717) is 18.4 Å². The summed E-state index contributed by atoms with van der Waals surface area (Å²) in [5.41, 5.74) is -2.99. The summed E-state index contributed by atoms with van der Waals surface area (Å²) in [6.45, 7) is 0.839. The van der Waals surface area contributed by atoms with Crippen molar-refractivity contribution < 1.29 is 37.0 Å². The van der Waals surface area contributed by atoms with Gasteiger partial charge in [-0.1, -0.05) is 0 Å². The number of aryl methyl sites for hydroxylation is 1. The van der Waals surface area contributed by atoms with Gasteiger partial charge in [0.1, 0.15) is 5.00 Å². The van der Waals surface area contributed by atoms with Crippen molar-refractivity contribution in [2.24, 2.45) is 0 Å². The molecule has 1 aliphatic carbocycles. The van der Waals surface area contributed by atoms with Gasteiger partial charge in [-0.15, -0.1) is 11.3 Å². The van der Waals surface area contributed by atoms with Gasteiger partial charge in [-0.2, -0.15) is 13.2 Å². The summed E-state index contributed by atoms with van der Waals surface area (Å²) < 4.78 is 50.6. The first kappa shape index (κ1) is 21.0. The third kappa shape index (κ3) is 3.87. The zero-order valence-corrected chi connectivity index (χ0v) is 15.7. The number of fused-ring (bicyclic) bond motifs is 1. The number of carbonyl (C=O) groups excluding carboxylic acids is 3. The number of methoxy groups -OCH3 is 2. The molecule has 1 amide bonds. The van der Waals surface area contributed by atoms with E-state index >= 15 is 0 Å². The predicted octanol–water partition coefficient (Wildman–Crippen LogP) is 2.39. The molecule has 1 aromatic rings. The SMILES string of the molecule is COC(=O)c1c(N[C@](NC(C)=O)(C(=O)OC)C(F)(F)F)sc2c1CCCC2. The smallest absolute Gasteiger partial charge is 0.441 e. The number of ether oxygens (including phenoxy) is 2. The third-order valence-corrected chi connectivity index (χ3v) is 5.35. The lowest BCUT2D eigenvalue weighted by Crippen LogP contribution is -2.69. The topological polar surface area (TPSA) is 93.7 Å². The maximum Gasteiger partial charge on any atom is 0.441 e. The first-order chi connectivity index (χ1) is 12.6. The number of carbonyl (C=O) groups is 3.